The summed E-state index contributed by atoms with van der Waals surface area (Å²) >= 11 is 1.71. The Kier molecular flexibility index (Phi) is 7.77. The van der Waals surface area contributed by atoms with Gasteiger partial charge in [0.15, 0.2) is 0 Å². The number of benzene rings is 2. The Hall–Kier alpha value is -1.58. The van der Waals surface area contributed by atoms with Gasteiger partial charge in [-0.25, -0.2) is 0 Å². The largest absolute Gasteiger partial charge is 0.344 e. The molecule has 88 valence electrons. The van der Waals surface area contributed by atoms with E-state index in [1.807, 2.05) is 22.9 Å². The highest BCUT2D eigenvalue weighted by Crippen LogP contribution is 2.11. The zero-order valence-corrected chi connectivity index (χ0v) is 9.86. The molecule has 0 atom stereocenters. The second kappa shape index (κ2) is 8.56. The standard InChI is InChI=1S/C10H8.C4H4S.BH3.H3N/c1-2-6-10-8-4-3-7-9(10)5-1;1-2-4-5-3-1;;/h1-8H;1-4H;2*1H3. The molecule has 3 N–H and O–H groups in total. The van der Waals surface area contributed by atoms with Crippen molar-refractivity contribution in [1.29, 1.82) is 0 Å². The molecule has 17 heavy (non-hydrogen) atoms. The average Bonchev–Trinajstić information content (AvgIpc) is 2.88. The monoisotopic (exact) mass is 243 g/mol. The van der Waals surface area contributed by atoms with E-state index in [1.165, 1.54) is 10.8 Å². The molecular formula is C14H18BNS. The first-order chi connectivity index (χ1) is 7.47. The third kappa shape index (κ3) is 4.85. The first-order valence-electron chi connectivity index (χ1n) is 4.88. The van der Waals surface area contributed by atoms with Gasteiger partial charge in [-0.1, -0.05) is 60.7 Å². The van der Waals surface area contributed by atoms with E-state index in [9.17, 15) is 0 Å². The third-order valence-electron chi connectivity index (χ3n) is 2.08. The van der Waals surface area contributed by atoms with Crippen molar-refractivity contribution in [1.82, 2.24) is 6.15 Å². The van der Waals surface area contributed by atoms with E-state index >= 15 is 0 Å². The van der Waals surface area contributed by atoms with Gasteiger partial charge in [0, 0.05) is 0 Å². The summed E-state index contributed by atoms with van der Waals surface area (Å²) in [7, 11) is 0. The summed E-state index contributed by atoms with van der Waals surface area (Å²) in [6.07, 6.45) is 0. The predicted molar refractivity (Wildman–Crippen MR) is 83.2 cm³/mol. The van der Waals surface area contributed by atoms with Crippen LogP contribution in [0, 0.1) is 0 Å². The molecule has 2 aromatic carbocycles. The van der Waals surface area contributed by atoms with Crippen LogP contribution in [0.3, 0.4) is 0 Å². The molecule has 0 spiro atoms. The summed E-state index contributed by atoms with van der Waals surface area (Å²) < 4.78 is 0. The maximum atomic E-state index is 2.12. The van der Waals surface area contributed by atoms with E-state index in [2.05, 4.69) is 48.5 Å². The molecule has 3 rings (SSSR count). The Balaban J connectivity index is 0.000000318. The van der Waals surface area contributed by atoms with E-state index < -0.39 is 0 Å². The Bertz CT molecular complexity index is 426. The van der Waals surface area contributed by atoms with Gasteiger partial charge in [0.2, 0.25) is 0 Å². The first-order valence-corrected chi connectivity index (χ1v) is 5.82. The van der Waals surface area contributed by atoms with Crippen LogP contribution in [0.4, 0.5) is 0 Å². The van der Waals surface area contributed by atoms with Gasteiger partial charge in [-0.05, 0) is 21.5 Å². The lowest BCUT2D eigenvalue weighted by molar-refractivity contribution is 1.75. The molecule has 0 unspecified atom stereocenters. The van der Waals surface area contributed by atoms with Gasteiger partial charge in [0.25, 0.3) is 0 Å². The minimum Gasteiger partial charge on any atom is -0.344 e. The summed E-state index contributed by atoms with van der Waals surface area (Å²) in [4.78, 5) is 0. The summed E-state index contributed by atoms with van der Waals surface area (Å²) in [6.45, 7) is 0. The Morgan fingerprint density at radius 1 is 0.588 bits per heavy atom. The molecule has 0 radical (unpaired) electrons. The summed E-state index contributed by atoms with van der Waals surface area (Å²) in [6, 6.07) is 20.8. The van der Waals surface area contributed by atoms with Crippen molar-refractivity contribution in [3.8, 4) is 0 Å². The number of hydrogen-bond donors (Lipinski definition) is 1. The normalized spacial score (nSPS) is 8.24. The van der Waals surface area contributed by atoms with Gasteiger partial charge < -0.3 is 6.15 Å². The molecule has 0 aliphatic heterocycles. The van der Waals surface area contributed by atoms with Gasteiger partial charge in [0.1, 0.15) is 0 Å². The highest BCUT2D eigenvalue weighted by atomic mass is 32.1. The fraction of sp³-hybridized carbons (Fsp3) is 0. The highest BCUT2D eigenvalue weighted by Gasteiger charge is 1.85. The minimum atomic E-state index is 0. The van der Waals surface area contributed by atoms with Crippen LogP contribution < -0.4 is 6.15 Å². The van der Waals surface area contributed by atoms with Crippen LogP contribution >= 0.6 is 11.3 Å². The summed E-state index contributed by atoms with van der Waals surface area (Å²) in [5.74, 6) is 0. The van der Waals surface area contributed by atoms with E-state index in [1.54, 1.807) is 11.3 Å². The lowest BCUT2D eigenvalue weighted by atomic mass is 10.1. The van der Waals surface area contributed by atoms with Crippen LogP contribution in [0.25, 0.3) is 10.8 Å². The quantitative estimate of drug-likeness (QED) is 0.602. The Morgan fingerprint density at radius 3 is 1.18 bits per heavy atom. The third-order valence-corrected chi connectivity index (χ3v) is 2.71. The second-order valence-electron chi connectivity index (χ2n) is 3.14. The SMILES string of the molecule is B.N.c1ccc2ccccc2c1.c1ccsc1. The van der Waals surface area contributed by atoms with E-state index in [0.29, 0.717) is 0 Å². The van der Waals surface area contributed by atoms with Crippen LogP contribution in [0.2, 0.25) is 0 Å². The lowest BCUT2D eigenvalue weighted by Crippen LogP contribution is -1.67. The van der Waals surface area contributed by atoms with Crippen molar-refractivity contribution >= 4 is 30.5 Å². The Morgan fingerprint density at radius 2 is 0.941 bits per heavy atom. The van der Waals surface area contributed by atoms with Gasteiger partial charge in [-0.2, -0.15) is 11.3 Å². The molecule has 0 fully saturated rings. The smallest absolute Gasteiger partial charge is 0.0814 e. The van der Waals surface area contributed by atoms with Crippen molar-refractivity contribution in [3.63, 3.8) is 0 Å². The topological polar surface area (TPSA) is 35.0 Å². The first kappa shape index (κ1) is 15.4. The predicted octanol–water partition coefficient (Wildman–Crippen LogP) is 3.57. The second-order valence-corrected chi connectivity index (χ2v) is 3.96. The number of fused-ring (bicyclic) bond motifs is 1. The molecule has 0 amide bonds. The highest BCUT2D eigenvalue weighted by molar-refractivity contribution is 7.07. The molecule has 0 aliphatic carbocycles. The van der Waals surface area contributed by atoms with Crippen molar-refractivity contribution < 1.29 is 0 Å². The molecule has 0 saturated heterocycles. The van der Waals surface area contributed by atoms with Gasteiger partial charge >= 0.3 is 0 Å². The average molecular weight is 243 g/mol. The maximum Gasteiger partial charge on any atom is 0.0814 e. The van der Waals surface area contributed by atoms with Crippen molar-refractivity contribution in [3.05, 3.63) is 71.4 Å². The van der Waals surface area contributed by atoms with Crippen LogP contribution in [-0.4, -0.2) is 8.41 Å². The molecule has 1 heterocycles. The van der Waals surface area contributed by atoms with Crippen LogP contribution in [0.15, 0.2) is 71.4 Å². The molecular weight excluding hydrogens is 225 g/mol. The minimum absolute atomic E-state index is 0. The van der Waals surface area contributed by atoms with E-state index in [0.717, 1.165) is 0 Å². The van der Waals surface area contributed by atoms with Gasteiger partial charge in [0.05, 0.1) is 8.41 Å². The van der Waals surface area contributed by atoms with E-state index in [4.69, 9.17) is 0 Å². The molecule has 1 nitrogen and oxygen atoms in total. The van der Waals surface area contributed by atoms with Gasteiger partial charge in [-0.3, -0.25) is 0 Å². The summed E-state index contributed by atoms with van der Waals surface area (Å²) in [5.41, 5.74) is 0. The zero-order chi connectivity index (χ0) is 10.3. The molecule has 1 aromatic heterocycles. The van der Waals surface area contributed by atoms with Crippen LogP contribution in [0.1, 0.15) is 0 Å². The zero-order valence-electron chi connectivity index (χ0n) is 9.04. The molecule has 0 saturated carbocycles. The molecule has 0 aliphatic rings. The van der Waals surface area contributed by atoms with Crippen molar-refractivity contribution in [2.75, 3.05) is 0 Å². The van der Waals surface area contributed by atoms with Crippen molar-refractivity contribution in [2.24, 2.45) is 0 Å². The van der Waals surface area contributed by atoms with Crippen molar-refractivity contribution in [2.45, 2.75) is 0 Å². The number of hydrogen-bond acceptors (Lipinski definition) is 2. The fourth-order valence-electron chi connectivity index (χ4n) is 1.36. The summed E-state index contributed by atoms with van der Waals surface area (Å²) in [5, 5.41) is 6.70. The number of rotatable bonds is 0. The Labute approximate surface area is 108 Å². The van der Waals surface area contributed by atoms with E-state index in [-0.39, 0.29) is 14.6 Å². The molecule has 3 heteroatoms. The molecule has 0 bridgehead atoms. The van der Waals surface area contributed by atoms with Crippen LogP contribution in [0.5, 0.6) is 0 Å². The van der Waals surface area contributed by atoms with Gasteiger partial charge in [-0.15, -0.1) is 0 Å². The fourth-order valence-corrected chi connectivity index (χ4v) is 1.81. The lowest BCUT2D eigenvalue weighted by Gasteiger charge is -1.92. The molecule has 3 aromatic rings. The van der Waals surface area contributed by atoms with Crippen LogP contribution in [-0.2, 0) is 0 Å². The maximum absolute atomic E-state index is 2.12. The number of thiophene rings is 1.